The third-order valence-electron chi connectivity index (χ3n) is 4.60. The fourth-order valence-corrected chi connectivity index (χ4v) is 4.59. The van der Waals surface area contributed by atoms with Crippen LogP contribution < -0.4 is 10.6 Å². The lowest BCUT2D eigenvalue weighted by Crippen LogP contribution is -2.41. The number of hydrogen-bond acceptors (Lipinski definition) is 8. The smallest absolute Gasteiger partial charge is 0.338 e. The maximum absolute atomic E-state index is 12.9. The zero-order valence-corrected chi connectivity index (χ0v) is 18.1. The van der Waals surface area contributed by atoms with Crippen molar-refractivity contribution in [2.45, 2.75) is 18.4 Å². The average Bonchev–Trinajstić information content (AvgIpc) is 3.30. The molecule has 172 valence electrons. The Balaban J connectivity index is 1.56. The predicted octanol–water partition coefficient (Wildman–Crippen LogP) is 0.792. The van der Waals surface area contributed by atoms with Crippen LogP contribution in [0.15, 0.2) is 45.9 Å². The summed E-state index contributed by atoms with van der Waals surface area (Å²) in [6, 6.07) is 6.64. The SMILES string of the molecule is Cc1ccc(C(=O)OCC(=O)NC(=O)NCc2ccco2)cc1S(=O)(=O)N1CCOCC1. The number of aryl methyl sites for hydroxylation is 1. The molecule has 3 rings (SSSR count). The molecule has 1 fully saturated rings. The number of furan rings is 1. The van der Waals surface area contributed by atoms with Crippen LogP contribution in [0.4, 0.5) is 4.79 Å². The molecule has 1 aliphatic rings. The Hall–Kier alpha value is -3.22. The molecule has 2 N–H and O–H groups in total. The number of rotatable bonds is 7. The molecule has 11 nitrogen and oxygen atoms in total. The van der Waals surface area contributed by atoms with Crippen molar-refractivity contribution in [2.75, 3.05) is 32.9 Å². The van der Waals surface area contributed by atoms with Crippen molar-refractivity contribution in [3.63, 3.8) is 0 Å². The van der Waals surface area contributed by atoms with Gasteiger partial charge >= 0.3 is 12.0 Å². The summed E-state index contributed by atoms with van der Waals surface area (Å²) in [7, 11) is -3.82. The third-order valence-corrected chi connectivity index (χ3v) is 6.64. The van der Waals surface area contributed by atoms with Gasteiger partial charge in [-0.05, 0) is 36.8 Å². The van der Waals surface area contributed by atoms with Crippen LogP contribution in [0.1, 0.15) is 21.7 Å². The minimum atomic E-state index is -3.82. The maximum atomic E-state index is 12.9. The monoisotopic (exact) mass is 465 g/mol. The Kier molecular flexibility index (Phi) is 7.62. The molecule has 1 saturated heterocycles. The molecule has 0 aliphatic carbocycles. The van der Waals surface area contributed by atoms with Crippen LogP contribution in [-0.4, -0.2) is 63.5 Å². The lowest BCUT2D eigenvalue weighted by molar-refractivity contribution is -0.123. The molecule has 1 aromatic carbocycles. The van der Waals surface area contributed by atoms with E-state index in [-0.39, 0.29) is 30.1 Å². The normalized spacial score (nSPS) is 14.5. The zero-order chi connectivity index (χ0) is 23.1. The fourth-order valence-electron chi connectivity index (χ4n) is 2.93. The van der Waals surface area contributed by atoms with E-state index in [0.29, 0.717) is 24.5 Å². The number of nitrogens with zero attached hydrogens (tertiary/aromatic N) is 1. The van der Waals surface area contributed by atoms with Gasteiger partial charge in [-0.15, -0.1) is 0 Å². The van der Waals surface area contributed by atoms with Gasteiger partial charge in [-0.3, -0.25) is 10.1 Å². The highest BCUT2D eigenvalue weighted by Crippen LogP contribution is 2.22. The number of carbonyl (C=O) groups is 3. The number of morpholine rings is 1. The Morgan fingerprint density at radius 3 is 2.59 bits per heavy atom. The van der Waals surface area contributed by atoms with Gasteiger partial charge in [0.1, 0.15) is 5.76 Å². The van der Waals surface area contributed by atoms with E-state index in [1.165, 1.54) is 28.8 Å². The van der Waals surface area contributed by atoms with Gasteiger partial charge in [-0.25, -0.2) is 18.0 Å². The first-order chi connectivity index (χ1) is 15.3. The molecule has 1 aliphatic heterocycles. The quantitative estimate of drug-likeness (QED) is 0.571. The topological polar surface area (TPSA) is 144 Å². The van der Waals surface area contributed by atoms with Gasteiger partial charge < -0.3 is 19.2 Å². The van der Waals surface area contributed by atoms with Crippen LogP contribution in [0.3, 0.4) is 0 Å². The summed E-state index contributed by atoms with van der Waals surface area (Å²) in [6.07, 6.45) is 1.45. The first-order valence-electron chi connectivity index (χ1n) is 9.73. The highest BCUT2D eigenvalue weighted by Gasteiger charge is 2.28. The van der Waals surface area contributed by atoms with Gasteiger partial charge in [0.2, 0.25) is 10.0 Å². The molecule has 2 heterocycles. The Labute approximate surface area is 184 Å². The molecule has 0 spiro atoms. The number of urea groups is 1. The number of esters is 1. The number of nitrogens with one attached hydrogen (secondary N) is 2. The highest BCUT2D eigenvalue weighted by atomic mass is 32.2. The van der Waals surface area contributed by atoms with Gasteiger partial charge in [-0.1, -0.05) is 6.07 Å². The largest absolute Gasteiger partial charge is 0.467 e. The van der Waals surface area contributed by atoms with E-state index in [2.05, 4.69) is 5.32 Å². The molecule has 0 bridgehead atoms. The molecule has 0 radical (unpaired) electrons. The van der Waals surface area contributed by atoms with E-state index >= 15 is 0 Å². The maximum Gasteiger partial charge on any atom is 0.338 e. The summed E-state index contributed by atoms with van der Waals surface area (Å²) in [4.78, 5) is 35.9. The van der Waals surface area contributed by atoms with Crippen molar-refractivity contribution in [1.29, 1.82) is 0 Å². The van der Waals surface area contributed by atoms with Crippen LogP contribution in [0.25, 0.3) is 0 Å². The van der Waals surface area contributed by atoms with E-state index in [4.69, 9.17) is 13.9 Å². The van der Waals surface area contributed by atoms with Crippen molar-refractivity contribution in [3.8, 4) is 0 Å². The van der Waals surface area contributed by atoms with Crippen LogP contribution in [0.2, 0.25) is 0 Å². The van der Waals surface area contributed by atoms with Crippen LogP contribution in [0, 0.1) is 6.92 Å². The minimum absolute atomic E-state index is 0.0180. The number of ether oxygens (including phenoxy) is 2. The molecule has 12 heteroatoms. The summed E-state index contributed by atoms with van der Waals surface area (Å²) in [5.41, 5.74) is 0.441. The molecule has 0 atom stereocenters. The summed E-state index contributed by atoms with van der Waals surface area (Å²) in [5.74, 6) is -1.24. The second-order valence-corrected chi connectivity index (χ2v) is 8.79. The Bertz CT molecular complexity index is 1080. The Morgan fingerprint density at radius 1 is 1.16 bits per heavy atom. The molecule has 2 aromatic rings. The molecule has 0 saturated carbocycles. The van der Waals surface area contributed by atoms with E-state index in [1.54, 1.807) is 19.1 Å². The van der Waals surface area contributed by atoms with Crippen molar-refractivity contribution >= 4 is 27.9 Å². The number of carbonyl (C=O) groups excluding carboxylic acids is 3. The van der Waals surface area contributed by atoms with E-state index in [0.717, 1.165) is 0 Å². The molecule has 1 aromatic heterocycles. The fraction of sp³-hybridized carbons (Fsp3) is 0.350. The van der Waals surface area contributed by atoms with Crippen LogP contribution >= 0.6 is 0 Å². The van der Waals surface area contributed by atoms with E-state index in [9.17, 15) is 22.8 Å². The van der Waals surface area contributed by atoms with Crippen molar-refractivity contribution in [1.82, 2.24) is 14.9 Å². The van der Waals surface area contributed by atoms with Crippen molar-refractivity contribution < 1.29 is 36.7 Å². The Morgan fingerprint density at radius 2 is 1.91 bits per heavy atom. The predicted molar refractivity (Wildman–Crippen MR) is 110 cm³/mol. The van der Waals surface area contributed by atoms with Crippen LogP contribution in [-0.2, 0) is 30.8 Å². The first kappa shape index (κ1) is 23.4. The minimum Gasteiger partial charge on any atom is -0.467 e. The number of amides is 3. The van der Waals surface area contributed by atoms with Gasteiger partial charge in [0, 0.05) is 13.1 Å². The first-order valence-corrected chi connectivity index (χ1v) is 11.2. The van der Waals surface area contributed by atoms with Gasteiger partial charge in [0.05, 0.1) is 36.5 Å². The molecule has 32 heavy (non-hydrogen) atoms. The summed E-state index contributed by atoms with van der Waals surface area (Å²) < 4.78 is 42.3. The van der Waals surface area contributed by atoms with E-state index < -0.39 is 34.5 Å². The highest BCUT2D eigenvalue weighted by molar-refractivity contribution is 7.89. The molecular formula is C20H23N3O8S. The number of imide groups is 1. The summed E-state index contributed by atoms with van der Waals surface area (Å²) in [5, 5.41) is 4.43. The van der Waals surface area contributed by atoms with Gasteiger partial charge in [0.15, 0.2) is 6.61 Å². The molecular weight excluding hydrogens is 442 g/mol. The van der Waals surface area contributed by atoms with Gasteiger partial charge in [-0.2, -0.15) is 4.31 Å². The summed E-state index contributed by atoms with van der Waals surface area (Å²) in [6.45, 7) is 2.02. The van der Waals surface area contributed by atoms with Crippen LogP contribution in [0.5, 0.6) is 0 Å². The van der Waals surface area contributed by atoms with E-state index in [1.807, 2.05) is 5.32 Å². The lowest BCUT2D eigenvalue weighted by atomic mass is 10.1. The standard InChI is InChI=1S/C20H23N3O8S/c1-14-4-5-15(11-17(14)32(27,28)23-6-9-29-10-7-23)19(25)31-13-18(24)22-20(26)21-12-16-3-2-8-30-16/h2-5,8,11H,6-7,9-10,12-13H2,1H3,(H2,21,22,24,26). The zero-order valence-electron chi connectivity index (χ0n) is 17.3. The summed E-state index contributed by atoms with van der Waals surface area (Å²) >= 11 is 0. The number of sulfonamides is 1. The second-order valence-electron chi connectivity index (χ2n) is 6.88. The van der Waals surface area contributed by atoms with Crippen molar-refractivity contribution in [3.05, 3.63) is 53.5 Å². The second kappa shape index (κ2) is 10.4. The van der Waals surface area contributed by atoms with Gasteiger partial charge in [0.25, 0.3) is 5.91 Å². The molecule has 0 unspecified atom stereocenters. The van der Waals surface area contributed by atoms with Crippen molar-refractivity contribution in [2.24, 2.45) is 0 Å². The average molecular weight is 465 g/mol. The third kappa shape index (κ3) is 5.93. The molecule has 3 amide bonds. The lowest BCUT2D eigenvalue weighted by Gasteiger charge is -2.26. The number of benzene rings is 1. The number of hydrogen-bond donors (Lipinski definition) is 2.